The van der Waals surface area contributed by atoms with Gasteiger partial charge in [0, 0.05) is 57.7 Å². The summed E-state index contributed by atoms with van der Waals surface area (Å²) in [7, 11) is 0. The van der Waals surface area contributed by atoms with Crippen LogP contribution in [0.25, 0.3) is 0 Å². The Hall–Kier alpha value is -1.60. The fourth-order valence-corrected chi connectivity index (χ4v) is 3.91. The molecule has 7 heteroatoms. The molecule has 3 rings (SSSR count). The molecule has 3 heterocycles. The van der Waals surface area contributed by atoms with Gasteiger partial charge in [-0.1, -0.05) is 0 Å². The first-order chi connectivity index (χ1) is 12.3. The lowest BCUT2D eigenvalue weighted by Gasteiger charge is -2.43. The minimum Gasteiger partial charge on any atom is -0.450 e. The molecule has 1 aromatic heterocycles. The first kappa shape index (κ1) is 18.2. The van der Waals surface area contributed by atoms with Gasteiger partial charge in [-0.2, -0.15) is 5.10 Å². The zero-order valence-electron chi connectivity index (χ0n) is 15.3. The maximum absolute atomic E-state index is 11.8. The zero-order valence-corrected chi connectivity index (χ0v) is 15.3. The minimum atomic E-state index is -0.161. The van der Waals surface area contributed by atoms with Gasteiger partial charge >= 0.3 is 6.09 Å². The average Bonchev–Trinajstić information content (AvgIpc) is 3.16. The summed E-state index contributed by atoms with van der Waals surface area (Å²) in [6, 6.07) is 2.61. The van der Waals surface area contributed by atoms with Crippen LogP contribution in [0.15, 0.2) is 18.5 Å². The van der Waals surface area contributed by atoms with E-state index in [-0.39, 0.29) is 6.09 Å². The van der Waals surface area contributed by atoms with Crippen LogP contribution in [0.2, 0.25) is 0 Å². The fourth-order valence-electron chi connectivity index (χ4n) is 3.91. The van der Waals surface area contributed by atoms with Crippen molar-refractivity contribution in [3.63, 3.8) is 0 Å². The average molecular weight is 349 g/mol. The number of hydrogen-bond acceptors (Lipinski definition) is 5. The number of carbonyl (C=O) groups excluding carboxylic acids is 1. The SMILES string of the molecule is CCOC(=O)N1CCN([C@@H]2CCCN(CCCn3cccn3)C2)CC1. The summed E-state index contributed by atoms with van der Waals surface area (Å²) in [5.41, 5.74) is 0. The van der Waals surface area contributed by atoms with Crippen LogP contribution in [-0.2, 0) is 11.3 Å². The molecule has 0 aromatic carbocycles. The molecular weight excluding hydrogens is 318 g/mol. The van der Waals surface area contributed by atoms with Crippen LogP contribution in [-0.4, -0.2) is 89.0 Å². The van der Waals surface area contributed by atoms with Crippen LogP contribution in [0.5, 0.6) is 0 Å². The van der Waals surface area contributed by atoms with E-state index in [1.54, 1.807) is 0 Å². The van der Waals surface area contributed by atoms with E-state index in [2.05, 4.69) is 14.9 Å². The summed E-state index contributed by atoms with van der Waals surface area (Å²) in [6.07, 6.45) is 7.39. The molecule has 2 saturated heterocycles. The molecule has 0 bridgehead atoms. The first-order valence-electron chi connectivity index (χ1n) is 9.62. The van der Waals surface area contributed by atoms with Gasteiger partial charge in [0.2, 0.25) is 0 Å². The number of piperidine rings is 1. The van der Waals surface area contributed by atoms with Crippen molar-refractivity contribution in [1.82, 2.24) is 24.5 Å². The van der Waals surface area contributed by atoms with Crippen molar-refractivity contribution in [2.75, 3.05) is 52.4 Å². The minimum absolute atomic E-state index is 0.161. The van der Waals surface area contributed by atoms with E-state index in [0.717, 1.165) is 52.2 Å². The van der Waals surface area contributed by atoms with E-state index in [1.165, 1.54) is 19.4 Å². The molecule has 1 aromatic rings. The van der Waals surface area contributed by atoms with Crippen LogP contribution in [0.3, 0.4) is 0 Å². The second-order valence-electron chi connectivity index (χ2n) is 6.94. The van der Waals surface area contributed by atoms with Crippen molar-refractivity contribution in [3.05, 3.63) is 18.5 Å². The van der Waals surface area contributed by atoms with Crippen molar-refractivity contribution in [2.45, 2.75) is 38.8 Å². The zero-order chi connectivity index (χ0) is 17.5. The highest BCUT2D eigenvalue weighted by Gasteiger charge is 2.29. The number of aryl methyl sites for hydroxylation is 1. The second-order valence-corrected chi connectivity index (χ2v) is 6.94. The lowest BCUT2D eigenvalue weighted by atomic mass is 10.0. The van der Waals surface area contributed by atoms with Crippen LogP contribution in [0.1, 0.15) is 26.2 Å². The van der Waals surface area contributed by atoms with Gasteiger partial charge in [0.25, 0.3) is 0 Å². The number of amides is 1. The lowest BCUT2D eigenvalue weighted by molar-refractivity contribution is 0.0423. The number of nitrogens with zero attached hydrogens (tertiary/aromatic N) is 5. The standard InChI is InChI=1S/C18H31N5O2/c1-2-25-18(24)22-14-12-21(13-15-22)17-6-3-8-20(16-17)9-5-11-23-10-4-7-19-23/h4,7,10,17H,2-3,5-6,8-9,11-16H2,1H3/t17-/m1/s1. The maximum Gasteiger partial charge on any atom is 0.409 e. The van der Waals surface area contributed by atoms with Gasteiger partial charge in [-0.05, 0) is 45.3 Å². The van der Waals surface area contributed by atoms with Crippen molar-refractivity contribution in [1.29, 1.82) is 0 Å². The van der Waals surface area contributed by atoms with Crippen LogP contribution < -0.4 is 0 Å². The van der Waals surface area contributed by atoms with Crippen molar-refractivity contribution < 1.29 is 9.53 Å². The van der Waals surface area contributed by atoms with Crippen LogP contribution in [0, 0.1) is 0 Å². The summed E-state index contributed by atoms with van der Waals surface area (Å²) in [5, 5.41) is 4.27. The third kappa shape index (κ3) is 5.19. The molecular formula is C18H31N5O2. The monoisotopic (exact) mass is 349 g/mol. The van der Waals surface area contributed by atoms with Gasteiger partial charge in [0.15, 0.2) is 0 Å². The summed E-state index contributed by atoms with van der Waals surface area (Å²) in [4.78, 5) is 18.8. The molecule has 0 N–H and O–H groups in total. The Kier molecular flexibility index (Phi) is 6.69. The predicted molar refractivity (Wildman–Crippen MR) is 96.5 cm³/mol. The quantitative estimate of drug-likeness (QED) is 0.779. The number of likely N-dealkylation sites (tertiary alicyclic amines) is 1. The topological polar surface area (TPSA) is 53.8 Å². The predicted octanol–water partition coefficient (Wildman–Crippen LogP) is 1.51. The summed E-state index contributed by atoms with van der Waals surface area (Å²) in [6.45, 7) is 10.3. The normalized spacial score (nSPS) is 22.9. The van der Waals surface area contributed by atoms with E-state index in [1.807, 2.05) is 35.0 Å². The Balaban J connectivity index is 1.39. The maximum atomic E-state index is 11.8. The third-order valence-corrected chi connectivity index (χ3v) is 5.26. The molecule has 0 spiro atoms. The molecule has 2 fully saturated rings. The highest BCUT2D eigenvalue weighted by Crippen LogP contribution is 2.18. The van der Waals surface area contributed by atoms with E-state index < -0.39 is 0 Å². The van der Waals surface area contributed by atoms with E-state index in [0.29, 0.717) is 12.6 Å². The molecule has 140 valence electrons. The van der Waals surface area contributed by atoms with Crippen molar-refractivity contribution in [2.24, 2.45) is 0 Å². The summed E-state index contributed by atoms with van der Waals surface area (Å²) < 4.78 is 7.12. The molecule has 2 aliphatic heterocycles. The molecule has 2 aliphatic rings. The number of hydrogen-bond donors (Lipinski definition) is 0. The van der Waals surface area contributed by atoms with Crippen molar-refractivity contribution in [3.8, 4) is 0 Å². The molecule has 0 radical (unpaired) electrons. The van der Waals surface area contributed by atoms with Crippen molar-refractivity contribution >= 4 is 6.09 Å². The highest BCUT2D eigenvalue weighted by atomic mass is 16.6. The fraction of sp³-hybridized carbons (Fsp3) is 0.778. The second kappa shape index (κ2) is 9.20. The van der Waals surface area contributed by atoms with Gasteiger partial charge < -0.3 is 14.5 Å². The van der Waals surface area contributed by atoms with Gasteiger partial charge in [-0.15, -0.1) is 0 Å². The van der Waals surface area contributed by atoms with Gasteiger partial charge in [0.05, 0.1) is 6.61 Å². The molecule has 25 heavy (non-hydrogen) atoms. The number of rotatable bonds is 6. The van der Waals surface area contributed by atoms with E-state index in [4.69, 9.17) is 4.74 Å². The van der Waals surface area contributed by atoms with Gasteiger partial charge in [0.1, 0.15) is 0 Å². The molecule has 0 unspecified atom stereocenters. The molecule has 0 aliphatic carbocycles. The molecule has 7 nitrogen and oxygen atoms in total. The summed E-state index contributed by atoms with van der Waals surface area (Å²) >= 11 is 0. The first-order valence-corrected chi connectivity index (χ1v) is 9.62. The van der Waals surface area contributed by atoms with E-state index in [9.17, 15) is 4.79 Å². The van der Waals surface area contributed by atoms with Crippen LogP contribution in [0.4, 0.5) is 4.79 Å². The molecule has 1 atom stereocenters. The summed E-state index contributed by atoms with van der Waals surface area (Å²) in [5.74, 6) is 0. The Morgan fingerprint density at radius 1 is 1.20 bits per heavy atom. The number of piperazine rings is 1. The number of ether oxygens (including phenoxy) is 1. The Morgan fingerprint density at radius 3 is 2.76 bits per heavy atom. The number of carbonyl (C=O) groups is 1. The van der Waals surface area contributed by atoms with Gasteiger partial charge in [-0.25, -0.2) is 4.79 Å². The Bertz CT molecular complexity index is 514. The smallest absolute Gasteiger partial charge is 0.409 e. The highest BCUT2D eigenvalue weighted by molar-refractivity contribution is 5.67. The molecule has 0 saturated carbocycles. The Morgan fingerprint density at radius 2 is 2.04 bits per heavy atom. The molecule has 1 amide bonds. The Labute approximate surface area is 150 Å². The van der Waals surface area contributed by atoms with Gasteiger partial charge in [-0.3, -0.25) is 9.58 Å². The van der Waals surface area contributed by atoms with E-state index >= 15 is 0 Å². The number of aromatic nitrogens is 2. The third-order valence-electron chi connectivity index (χ3n) is 5.26. The van der Waals surface area contributed by atoms with Crippen LogP contribution >= 0.6 is 0 Å². The lowest BCUT2D eigenvalue weighted by Crippen LogP contribution is -2.56. The largest absolute Gasteiger partial charge is 0.450 e.